The Labute approximate surface area is 214 Å². The van der Waals surface area contributed by atoms with Gasteiger partial charge in [-0.3, -0.25) is 4.79 Å². The fourth-order valence-corrected chi connectivity index (χ4v) is 7.32. The number of carbonyl (C=O) groups excluding carboxylic acids is 1. The van der Waals surface area contributed by atoms with Crippen molar-refractivity contribution in [2.75, 3.05) is 6.61 Å². The van der Waals surface area contributed by atoms with Crippen LogP contribution in [0.5, 0.6) is 0 Å². The molecule has 0 spiro atoms. The minimum absolute atomic E-state index is 0.0500. The molecule has 34 heavy (non-hydrogen) atoms. The topological polar surface area (TPSA) is 60.4 Å². The van der Waals surface area contributed by atoms with E-state index in [1.807, 2.05) is 32.1 Å². The molecule has 0 N–H and O–H groups in total. The van der Waals surface area contributed by atoms with Crippen LogP contribution in [0.1, 0.15) is 67.2 Å². The predicted molar refractivity (Wildman–Crippen MR) is 144 cm³/mol. The number of carbonyl (C=O) groups is 1. The number of benzene rings is 1. The van der Waals surface area contributed by atoms with Gasteiger partial charge in [-0.15, -0.1) is 0 Å². The lowest BCUT2D eigenvalue weighted by Crippen LogP contribution is -2.40. The van der Waals surface area contributed by atoms with Crippen molar-refractivity contribution in [1.29, 1.82) is 0 Å². The van der Waals surface area contributed by atoms with Crippen molar-refractivity contribution in [3.8, 4) is 0 Å². The molecule has 0 saturated carbocycles. The lowest BCUT2D eigenvalue weighted by Gasteiger charge is -2.42. The monoisotopic (exact) mass is 550 g/mol. The van der Waals surface area contributed by atoms with Crippen molar-refractivity contribution in [2.24, 2.45) is 11.3 Å². The number of rotatable bonds is 10. The fourth-order valence-electron chi connectivity index (χ4n) is 4.76. The van der Waals surface area contributed by atoms with Crippen LogP contribution in [0.3, 0.4) is 0 Å². The van der Waals surface area contributed by atoms with Crippen LogP contribution in [-0.2, 0) is 19.4 Å². The molecular formula is C28H39BrO4S. The Morgan fingerprint density at radius 2 is 1.85 bits per heavy atom. The molecule has 0 saturated heterocycles. The number of hydrogen-bond donors (Lipinski definition) is 0. The number of esters is 1. The van der Waals surface area contributed by atoms with Crippen molar-refractivity contribution in [2.45, 2.75) is 82.2 Å². The SMILES string of the molecule is CC(=O)OCC=C(C)CCC(Br)C(C)=CC(C1C(C)=CCCC1(C)C)S(=O)(=O)c1ccccc1. The third kappa shape index (κ3) is 7.67. The maximum Gasteiger partial charge on any atom is 0.302 e. The average Bonchev–Trinajstić information content (AvgIpc) is 2.76. The van der Waals surface area contributed by atoms with Crippen LogP contribution in [0.2, 0.25) is 0 Å². The van der Waals surface area contributed by atoms with E-state index >= 15 is 0 Å². The second kappa shape index (κ2) is 12.3. The van der Waals surface area contributed by atoms with Gasteiger partial charge in [-0.05, 0) is 70.1 Å². The zero-order valence-corrected chi connectivity index (χ0v) is 23.7. The molecule has 3 unspecified atom stereocenters. The van der Waals surface area contributed by atoms with Crippen LogP contribution >= 0.6 is 15.9 Å². The van der Waals surface area contributed by atoms with Crippen molar-refractivity contribution in [1.82, 2.24) is 0 Å². The molecule has 4 nitrogen and oxygen atoms in total. The summed E-state index contributed by atoms with van der Waals surface area (Å²) >= 11 is 3.79. The normalized spacial score (nSPS) is 20.9. The van der Waals surface area contributed by atoms with Gasteiger partial charge in [-0.25, -0.2) is 8.42 Å². The first-order valence-corrected chi connectivity index (χ1v) is 14.4. The summed E-state index contributed by atoms with van der Waals surface area (Å²) in [4.78, 5) is 11.4. The molecule has 0 bridgehead atoms. The Bertz CT molecular complexity index is 1040. The van der Waals surface area contributed by atoms with Crippen molar-refractivity contribution >= 4 is 31.7 Å². The largest absolute Gasteiger partial charge is 0.462 e. The third-order valence-corrected chi connectivity index (χ3v) is 10.0. The molecule has 188 valence electrons. The maximum atomic E-state index is 13.9. The molecule has 6 heteroatoms. The molecule has 1 aliphatic rings. The molecule has 0 amide bonds. The number of halogens is 1. The van der Waals surface area contributed by atoms with Gasteiger partial charge in [-0.1, -0.05) is 76.8 Å². The molecule has 1 aliphatic carbocycles. The number of sulfone groups is 1. The number of ether oxygens (including phenoxy) is 1. The van der Waals surface area contributed by atoms with Crippen LogP contribution in [0.25, 0.3) is 0 Å². The average molecular weight is 552 g/mol. The highest BCUT2D eigenvalue weighted by Crippen LogP contribution is 2.46. The van der Waals surface area contributed by atoms with Crippen LogP contribution in [0.15, 0.2) is 70.2 Å². The van der Waals surface area contributed by atoms with E-state index in [2.05, 4.69) is 42.8 Å². The van der Waals surface area contributed by atoms with E-state index in [0.29, 0.717) is 4.90 Å². The molecule has 0 radical (unpaired) electrons. The van der Waals surface area contributed by atoms with Crippen LogP contribution < -0.4 is 0 Å². The summed E-state index contributed by atoms with van der Waals surface area (Å²) in [5.41, 5.74) is 3.19. The Morgan fingerprint density at radius 1 is 1.21 bits per heavy atom. The van der Waals surface area contributed by atoms with Gasteiger partial charge >= 0.3 is 5.97 Å². The van der Waals surface area contributed by atoms with Gasteiger partial charge in [0.25, 0.3) is 0 Å². The summed E-state index contributed by atoms with van der Waals surface area (Å²) in [6, 6.07) is 8.81. The summed E-state index contributed by atoms with van der Waals surface area (Å²) in [5, 5.41) is -0.637. The molecule has 1 aromatic carbocycles. The van der Waals surface area contributed by atoms with Crippen LogP contribution in [0.4, 0.5) is 0 Å². The van der Waals surface area contributed by atoms with E-state index in [0.717, 1.165) is 42.4 Å². The van der Waals surface area contributed by atoms with Gasteiger partial charge in [0.2, 0.25) is 0 Å². The van der Waals surface area contributed by atoms with E-state index in [1.54, 1.807) is 24.3 Å². The van der Waals surface area contributed by atoms with Gasteiger partial charge < -0.3 is 4.74 Å². The molecule has 1 aromatic rings. The second-order valence-corrected chi connectivity index (χ2v) is 13.3. The third-order valence-electron chi connectivity index (χ3n) is 6.78. The van der Waals surface area contributed by atoms with E-state index in [-0.39, 0.29) is 28.7 Å². The van der Waals surface area contributed by atoms with Gasteiger partial charge in [0.15, 0.2) is 9.84 Å². The summed E-state index contributed by atoms with van der Waals surface area (Å²) in [6.45, 7) is 12.2. The summed E-state index contributed by atoms with van der Waals surface area (Å²) < 4.78 is 32.8. The summed E-state index contributed by atoms with van der Waals surface area (Å²) in [7, 11) is -3.58. The Balaban J connectivity index is 2.35. The number of alkyl halides is 1. The first-order chi connectivity index (χ1) is 15.9. The van der Waals surface area contributed by atoms with E-state index < -0.39 is 15.1 Å². The van der Waals surface area contributed by atoms with Gasteiger partial charge in [0.05, 0.1) is 10.1 Å². The zero-order chi connectivity index (χ0) is 25.5. The minimum atomic E-state index is -3.58. The van der Waals surface area contributed by atoms with Crippen LogP contribution in [-0.4, -0.2) is 31.1 Å². The maximum absolute atomic E-state index is 13.9. The standard InChI is InChI=1S/C28H39BrO4S/c1-20(16-18-33-23(4)30)14-15-25(29)22(3)19-26(27-21(2)11-10-17-28(27,5)6)34(31,32)24-12-8-7-9-13-24/h7-9,11-13,16,19,25-27H,10,14-15,17-18H2,1-6H3. The molecule has 0 fully saturated rings. The predicted octanol–water partition coefficient (Wildman–Crippen LogP) is 7.21. The lowest BCUT2D eigenvalue weighted by atomic mass is 9.67. The first-order valence-electron chi connectivity index (χ1n) is 11.9. The molecule has 0 heterocycles. The first kappa shape index (κ1) is 28.6. The van der Waals surface area contributed by atoms with Crippen molar-refractivity contribution in [3.63, 3.8) is 0 Å². The van der Waals surface area contributed by atoms with Gasteiger partial charge in [0, 0.05) is 17.7 Å². The molecule has 0 aliphatic heterocycles. The quantitative estimate of drug-likeness (QED) is 0.175. The number of hydrogen-bond acceptors (Lipinski definition) is 4. The van der Waals surface area contributed by atoms with Gasteiger partial charge in [0.1, 0.15) is 6.61 Å². The van der Waals surface area contributed by atoms with Crippen molar-refractivity contribution in [3.05, 3.63) is 65.3 Å². The van der Waals surface area contributed by atoms with Crippen LogP contribution in [0, 0.1) is 11.3 Å². The highest BCUT2D eigenvalue weighted by Gasteiger charge is 2.43. The Kier molecular flexibility index (Phi) is 10.4. The fraction of sp³-hybridized carbons (Fsp3) is 0.536. The minimum Gasteiger partial charge on any atom is -0.462 e. The second-order valence-electron chi connectivity index (χ2n) is 10.0. The highest BCUT2D eigenvalue weighted by molar-refractivity contribution is 9.09. The summed E-state index contributed by atoms with van der Waals surface area (Å²) in [6.07, 6.45) is 9.70. The Morgan fingerprint density at radius 3 is 2.44 bits per heavy atom. The summed E-state index contributed by atoms with van der Waals surface area (Å²) in [5.74, 6) is -0.381. The Hall–Kier alpha value is -1.66. The van der Waals surface area contributed by atoms with Crippen molar-refractivity contribution < 1.29 is 17.9 Å². The van der Waals surface area contributed by atoms with E-state index in [9.17, 15) is 13.2 Å². The molecular weight excluding hydrogens is 512 g/mol. The van der Waals surface area contributed by atoms with E-state index in [4.69, 9.17) is 4.74 Å². The molecule has 2 rings (SSSR count). The zero-order valence-electron chi connectivity index (χ0n) is 21.3. The van der Waals surface area contributed by atoms with Gasteiger partial charge in [-0.2, -0.15) is 0 Å². The molecule has 0 aromatic heterocycles. The number of allylic oxidation sites excluding steroid dienone is 4. The lowest BCUT2D eigenvalue weighted by molar-refractivity contribution is -0.139. The smallest absolute Gasteiger partial charge is 0.302 e. The highest BCUT2D eigenvalue weighted by atomic mass is 79.9. The van der Waals surface area contributed by atoms with E-state index in [1.165, 1.54) is 6.92 Å². The molecule has 3 atom stereocenters.